The van der Waals surface area contributed by atoms with Gasteiger partial charge in [-0.25, -0.2) is 0 Å². The highest BCUT2D eigenvalue weighted by Crippen LogP contribution is 2.29. The first-order chi connectivity index (χ1) is 8.18. The molecule has 0 aliphatic heterocycles. The first-order valence-corrected chi connectivity index (χ1v) is 6.63. The van der Waals surface area contributed by atoms with E-state index in [-0.39, 0.29) is 0 Å². The van der Waals surface area contributed by atoms with E-state index in [1.807, 2.05) is 12.1 Å². The van der Waals surface area contributed by atoms with Crippen molar-refractivity contribution in [1.29, 1.82) is 0 Å². The smallest absolute Gasteiger partial charge is 0.133 e. The van der Waals surface area contributed by atoms with E-state index in [0.717, 1.165) is 5.92 Å². The third-order valence-electron chi connectivity index (χ3n) is 4.15. The van der Waals surface area contributed by atoms with Crippen LogP contribution in [0.1, 0.15) is 45.0 Å². The van der Waals surface area contributed by atoms with E-state index < -0.39 is 6.10 Å². The number of rotatable bonds is 4. The summed E-state index contributed by atoms with van der Waals surface area (Å²) >= 11 is 0. The van der Waals surface area contributed by atoms with Crippen LogP contribution in [0.3, 0.4) is 0 Å². The monoisotopic (exact) mass is 237 g/mol. The van der Waals surface area contributed by atoms with Gasteiger partial charge in [-0.05, 0) is 30.4 Å². The molecule has 1 fully saturated rings. The molecule has 2 N–H and O–H groups in total. The van der Waals surface area contributed by atoms with Crippen LogP contribution in [0.4, 0.5) is 0 Å². The normalized spacial score (nSPS) is 31.4. The number of hydrogen-bond acceptors (Lipinski definition) is 3. The topological polar surface area (TPSA) is 45.4 Å². The van der Waals surface area contributed by atoms with Crippen molar-refractivity contribution >= 4 is 0 Å². The summed E-state index contributed by atoms with van der Waals surface area (Å²) in [6.07, 6.45) is 4.91. The second-order valence-corrected chi connectivity index (χ2v) is 5.31. The van der Waals surface area contributed by atoms with Gasteiger partial charge in [-0.3, -0.25) is 0 Å². The molecule has 1 aliphatic rings. The molecule has 4 atom stereocenters. The lowest BCUT2D eigenvalue weighted by Gasteiger charge is -2.35. The lowest BCUT2D eigenvalue weighted by atomic mass is 9.78. The lowest BCUT2D eigenvalue weighted by Crippen LogP contribution is -2.42. The van der Waals surface area contributed by atoms with Crippen molar-refractivity contribution in [3.8, 4) is 0 Å². The minimum absolute atomic E-state index is 0.531. The Hall–Kier alpha value is -0.800. The Labute approximate surface area is 103 Å². The maximum Gasteiger partial charge on any atom is 0.133 e. The molecule has 96 valence electrons. The van der Waals surface area contributed by atoms with Crippen LogP contribution in [-0.2, 0) is 0 Å². The average molecular weight is 237 g/mol. The van der Waals surface area contributed by atoms with E-state index in [1.54, 1.807) is 6.26 Å². The third kappa shape index (κ3) is 3.11. The molecule has 1 saturated carbocycles. The standard InChI is InChI=1S/C14H23NO2/c1-10-5-3-6-12(11(10)2)15-9-13(16)14-7-4-8-17-14/h4,7-8,10-13,15-16H,3,5-6,9H2,1-2H3. The van der Waals surface area contributed by atoms with Crippen molar-refractivity contribution in [2.45, 2.75) is 45.3 Å². The van der Waals surface area contributed by atoms with Gasteiger partial charge in [0.2, 0.25) is 0 Å². The Morgan fingerprint density at radius 1 is 1.47 bits per heavy atom. The van der Waals surface area contributed by atoms with Crippen LogP contribution >= 0.6 is 0 Å². The van der Waals surface area contributed by atoms with Gasteiger partial charge in [-0.15, -0.1) is 0 Å². The van der Waals surface area contributed by atoms with Crippen LogP contribution in [0.25, 0.3) is 0 Å². The molecule has 4 unspecified atom stereocenters. The first-order valence-electron chi connectivity index (χ1n) is 6.63. The van der Waals surface area contributed by atoms with E-state index in [1.165, 1.54) is 19.3 Å². The highest BCUT2D eigenvalue weighted by Gasteiger charge is 2.27. The zero-order valence-electron chi connectivity index (χ0n) is 10.7. The molecule has 3 nitrogen and oxygen atoms in total. The van der Waals surface area contributed by atoms with Crippen molar-refractivity contribution in [1.82, 2.24) is 5.32 Å². The Bertz CT molecular complexity index is 323. The largest absolute Gasteiger partial charge is 0.467 e. The van der Waals surface area contributed by atoms with Gasteiger partial charge in [0.15, 0.2) is 0 Å². The predicted molar refractivity (Wildman–Crippen MR) is 67.6 cm³/mol. The van der Waals surface area contributed by atoms with Crippen LogP contribution < -0.4 is 5.32 Å². The van der Waals surface area contributed by atoms with Gasteiger partial charge >= 0.3 is 0 Å². The minimum Gasteiger partial charge on any atom is -0.467 e. The summed E-state index contributed by atoms with van der Waals surface area (Å²) < 4.78 is 5.19. The average Bonchev–Trinajstić information content (AvgIpc) is 2.84. The van der Waals surface area contributed by atoms with E-state index >= 15 is 0 Å². The van der Waals surface area contributed by atoms with Gasteiger partial charge in [-0.2, -0.15) is 0 Å². The fraction of sp³-hybridized carbons (Fsp3) is 0.714. The second-order valence-electron chi connectivity index (χ2n) is 5.31. The van der Waals surface area contributed by atoms with Gasteiger partial charge in [-0.1, -0.05) is 26.7 Å². The highest BCUT2D eigenvalue weighted by atomic mass is 16.4. The first kappa shape index (κ1) is 12.7. The molecule has 1 aromatic heterocycles. The van der Waals surface area contributed by atoms with Crippen molar-refractivity contribution in [3.63, 3.8) is 0 Å². The van der Waals surface area contributed by atoms with E-state index in [4.69, 9.17) is 4.42 Å². The molecule has 0 saturated heterocycles. The summed E-state index contributed by atoms with van der Waals surface area (Å²) in [5.74, 6) is 2.11. The molecule has 0 radical (unpaired) electrons. The van der Waals surface area contributed by atoms with Gasteiger partial charge < -0.3 is 14.8 Å². The molecular weight excluding hydrogens is 214 g/mol. The van der Waals surface area contributed by atoms with Gasteiger partial charge in [0.25, 0.3) is 0 Å². The van der Waals surface area contributed by atoms with E-state index in [9.17, 15) is 5.11 Å². The number of nitrogens with one attached hydrogen (secondary N) is 1. The third-order valence-corrected chi connectivity index (χ3v) is 4.15. The van der Waals surface area contributed by atoms with Crippen LogP contribution in [-0.4, -0.2) is 17.7 Å². The summed E-state index contributed by atoms with van der Waals surface area (Å²) in [4.78, 5) is 0. The van der Waals surface area contributed by atoms with Crippen molar-refractivity contribution in [3.05, 3.63) is 24.2 Å². The number of hydrogen-bond donors (Lipinski definition) is 2. The van der Waals surface area contributed by atoms with Gasteiger partial charge in [0.05, 0.1) is 6.26 Å². The van der Waals surface area contributed by atoms with Crippen molar-refractivity contribution < 1.29 is 9.52 Å². The quantitative estimate of drug-likeness (QED) is 0.846. The molecule has 0 amide bonds. The number of aliphatic hydroxyl groups excluding tert-OH is 1. The van der Waals surface area contributed by atoms with E-state index in [2.05, 4.69) is 19.2 Å². The summed E-state index contributed by atoms with van der Waals surface area (Å²) in [6, 6.07) is 4.16. The Kier molecular flexibility index (Phi) is 4.24. The summed E-state index contributed by atoms with van der Waals surface area (Å²) in [5.41, 5.74) is 0. The van der Waals surface area contributed by atoms with Crippen LogP contribution in [0.15, 0.2) is 22.8 Å². The lowest BCUT2D eigenvalue weighted by molar-refractivity contribution is 0.126. The molecule has 0 spiro atoms. The molecule has 3 heteroatoms. The molecule has 1 aliphatic carbocycles. The predicted octanol–water partition coefficient (Wildman–Crippen LogP) is 2.73. The minimum atomic E-state index is -0.533. The van der Waals surface area contributed by atoms with E-state index in [0.29, 0.717) is 24.3 Å². The molecule has 1 heterocycles. The van der Waals surface area contributed by atoms with Crippen LogP contribution in [0.5, 0.6) is 0 Å². The summed E-state index contributed by atoms with van der Waals surface area (Å²) in [6.45, 7) is 5.21. The SMILES string of the molecule is CC1CCCC(NCC(O)c2ccco2)C1C. The van der Waals surface area contributed by atoms with Gasteiger partial charge in [0.1, 0.15) is 11.9 Å². The Morgan fingerprint density at radius 2 is 2.29 bits per heavy atom. The molecule has 0 aromatic carbocycles. The fourth-order valence-corrected chi connectivity index (χ4v) is 2.71. The molecule has 17 heavy (non-hydrogen) atoms. The summed E-state index contributed by atoms with van der Waals surface area (Å²) in [5, 5.41) is 13.4. The Morgan fingerprint density at radius 3 is 3.00 bits per heavy atom. The molecule has 2 rings (SSSR count). The molecular formula is C14H23NO2. The van der Waals surface area contributed by atoms with Gasteiger partial charge in [0, 0.05) is 12.6 Å². The highest BCUT2D eigenvalue weighted by molar-refractivity contribution is 5.02. The fourth-order valence-electron chi connectivity index (χ4n) is 2.71. The van der Waals surface area contributed by atoms with Crippen molar-refractivity contribution in [2.24, 2.45) is 11.8 Å². The zero-order chi connectivity index (χ0) is 12.3. The van der Waals surface area contributed by atoms with Crippen LogP contribution in [0, 0.1) is 11.8 Å². The maximum absolute atomic E-state index is 9.94. The molecule has 1 aromatic rings. The summed E-state index contributed by atoms with van der Waals surface area (Å²) in [7, 11) is 0. The maximum atomic E-state index is 9.94. The Balaban J connectivity index is 1.81. The van der Waals surface area contributed by atoms with Crippen LogP contribution in [0.2, 0.25) is 0 Å². The molecule has 0 bridgehead atoms. The zero-order valence-corrected chi connectivity index (χ0v) is 10.7. The number of furan rings is 1. The van der Waals surface area contributed by atoms with Crippen molar-refractivity contribution in [2.75, 3.05) is 6.54 Å². The second kappa shape index (κ2) is 5.69. The number of aliphatic hydroxyl groups is 1.